The van der Waals surface area contributed by atoms with Crippen LogP contribution in [0.15, 0.2) is 30.3 Å². The van der Waals surface area contributed by atoms with E-state index in [1.165, 1.54) is 12.1 Å². The van der Waals surface area contributed by atoms with Crippen molar-refractivity contribution in [3.05, 3.63) is 77.5 Å². The predicted molar refractivity (Wildman–Crippen MR) is 95.3 cm³/mol. The van der Waals surface area contributed by atoms with Crippen LogP contribution < -0.4 is 0 Å². The molecule has 2 aromatic carbocycles. The van der Waals surface area contributed by atoms with Gasteiger partial charge in [0.1, 0.15) is 15.9 Å². The van der Waals surface area contributed by atoms with Crippen LogP contribution in [0.4, 0.5) is 15.8 Å². The van der Waals surface area contributed by atoms with E-state index in [4.69, 9.17) is 23.2 Å². The van der Waals surface area contributed by atoms with Crippen molar-refractivity contribution in [3.63, 3.8) is 0 Å². The normalized spacial score (nSPS) is 13.2. The first-order valence-corrected chi connectivity index (χ1v) is 8.30. The van der Waals surface area contributed by atoms with Gasteiger partial charge < -0.3 is 10.2 Å². The summed E-state index contributed by atoms with van der Waals surface area (Å²) in [5.74, 6) is -0.922. The maximum Gasteiger partial charge on any atom is 0.288 e. The van der Waals surface area contributed by atoms with E-state index < -0.39 is 38.6 Å². The highest BCUT2D eigenvalue weighted by Crippen LogP contribution is 2.34. The molecule has 0 saturated carbocycles. The minimum absolute atomic E-state index is 0.0875. The number of rotatable bonds is 7. The summed E-state index contributed by atoms with van der Waals surface area (Å²) in [4.78, 5) is 20.3. The lowest BCUT2D eigenvalue weighted by atomic mass is 9.98. The highest BCUT2D eigenvalue weighted by Gasteiger charge is 2.23. The molecule has 0 aliphatic carbocycles. The lowest BCUT2D eigenvalue weighted by molar-refractivity contribution is -0.385. The molecule has 0 unspecified atom stereocenters. The average Bonchev–Trinajstić information content (AvgIpc) is 2.59. The maximum absolute atomic E-state index is 14.0. The van der Waals surface area contributed by atoms with Crippen molar-refractivity contribution in [3.8, 4) is 0 Å². The van der Waals surface area contributed by atoms with Gasteiger partial charge in [-0.15, -0.1) is 0 Å². The number of aliphatic hydroxyl groups excluding tert-OH is 2. The fourth-order valence-electron chi connectivity index (χ4n) is 2.46. The Bertz CT molecular complexity index is 895. The standard InChI is InChI=1S/C16H13Cl2FN2O6/c17-10-2-1-8(5-13(10)20(24)25)15(22)3-4-16(23)9-6-14(21(26)27)11(18)7-12(9)19/h1-2,5-7,15-16,22-23H,3-4H2/t15-,16-/m0/s1. The summed E-state index contributed by atoms with van der Waals surface area (Å²) >= 11 is 11.3. The smallest absolute Gasteiger partial charge is 0.288 e. The van der Waals surface area contributed by atoms with Crippen LogP contribution in [0.2, 0.25) is 10.0 Å². The van der Waals surface area contributed by atoms with Crippen molar-refractivity contribution >= 4 is 34.6 Å². The molecule has 27 heavy (non-hydrogen) atoms. The third-order valence-corrected chi connectivity index (χ3v) is 4.51. The Labute approximate surface area is 162 Å². The molecule has 2 rings (SSSR count). The summed E-state index contributed by atoms with van der Waals surface area (Å²) in [7, 11) is 0. The predicted octanol–water partition coefficient (Wildman–Crippen LogP) is 4.50. The highest BCUT2D eigenvalue weighted by atomic mass is 35.5. The first-order chi connectivity index (χ1) is 12.6. The second-order valence-corrected chi connectivity index (χ2v) is 6.47. The van der Waals surface area contributed by atoms with Gasteiger partial charge in [-0.1, -0.05) is 29.3 Å². The Hall–Kier alpha value is -2.33. The quantitative estimate of drug-likeness (QED) is 0.503. The highest BCUT2D eigenvalue weighted by molar-refractivity contribution is 6.33. The van der Waals surface area contributed by atoms with Crippen molar-refractivity contribution < 1.29 is 24.5 Å². The average molecular weight is 419 g/mol. The van der Waals surface area contributed by atoms with Crippen LogP contribution in [0.5, 0.6) is 0 Å². The van der Waals surface area contributed by atoms with Crippen LogP contribution in [0.25, 0.3) is 0 Å². The molecular formula is C16H13Cl2FN2O6. The molecule has 144 valence electrons. The van der Waals surface area contributed by atoms with Crippen LogP contribution in [-0.4, -0.2) is 20.1 Å². The Kier molecular flexibility index (Phi) is 6.66. The Balaban J connectivity index is 2.15. The molecule has 0 heterocycles. The van der Waals surface area contributed by atoms with Gasteiger partial charge in [0.05, 0.1) is 22.1 Å². The second-order valence-electron chi connectivity index (χ2n) is 5.66. The molecule has 2 N–H and O–H groups in total. The van der Waals surface area contributed by atoms with E-state index in [2.05, 4.69) is 0 Å². The van der Waals surface area contributed by atoms with Gasteiger partial charge in [-0.2, -0.15) is 0 Å². The topological polar surface area (TPSA) is 127 Å². The van der Waals surface area contributed by atoms with Gasteiger partial charge in [-0.3, -0.25) is 20.2 Å². The van der Waals surface area contributed by atoms with Gasteiger partial charge in [0.25, 0.3) is 11.4 Å². The molecule has 0 spiro atoms. The molecule has 0 amide bonds. The van der Waals surface area contributed by atoms with Gasteiger partial charge in [0.15, 0.2) is 0 Å². The monoisotopic (exact) mass is 418 g/mol. The van der Waals surface area contributed by atoms with Crippen LogP contribution in [0, 0.1) is 26.0 Å². The number of nitro groups is 2. The minimum atomic E-state index is -1.45. The Morgan fingerprint density at radius 3 is 2.07 bits per heavy atom. The SMILES string of the molecule is O=[N+]([O-])c1cc([C@@H](O)CC[C@H](O)c2cc([N+](=O)[O-])c(Cl)cc2F)ccc1Cl. The van der Waals surface area contributed by atoms with Gasteiger partial charge in [-0.05, 0) is 30.5 Å². The van der Waals surface area contributed by atoms with Crippen molar-refractivity contribution in [2.24, 2.45) is 0 Å². The molecule has 8 nitrogen and oxygen atoms in total. The molecule has 0 aromatic heterocycles. The molecule has 0 saturated heterocycles. The number of halogens is 3. The van der Waals surface area contributed by atoms with Crippen molar-refractivity contribution in [2.75, 3.05) is 0 Å². The zero-order valence-corrected chi connectivity index (χ0v) is 15.0. The number of benzene rings is 2. The largest absolute Gasteiger partial charge is 0.388 e. The van der Waals surface area contributed by atoms with Crippen LogP contribution in [-0.2, 0) is 0 Å². The van der Waals surface area contributed by atoms with E-state index in [0.717, 1.165) is 18.2 Å². The summed E-state index contributed by atoms with van der Waals surface area (Å²) in [6.45, 7) is 0. The minimum Gasteiger partial charge on any atom is -0.388 e. The first kappa shape index (κ1) is 21.0. The van der Waals surface area contributed by atoms with Gasteiger partial charge in [-0.25, -0.2) is 4.39 Å². The van der Waals surface area contributed by atoms with Crippen molar-refractivity contribution in [1.29, 1.82) is 0 Å². The van der Waals surface area contributed by atoms with Crippen LogP contribution in [0.3, 0.4) is 0 Å². The number of hydrogen-bond donors (Lipinski definition) is 2. The summed E-state index contributed by atoms with van der Waals surface area (Å²) in [5, 5.41) is 41.6. The summed E-state index contributed by atoms with van der Waals surface area (Å²) < 4.78 is 14.0. The van der Waals surface area contributed by atoms with Gasteiger partial charge >= 0.3 is 0 Å². The fraction of sp³-hybridized carbons (Fsp3) is 0.250. The van der Waals surface area contributed by atoms with Crippen molar-refractivity contribution in [1.82, 2.24) is 0 Å². The number of aliphatic hydroxyl groups is 2. The molecule has 0 bridgehead atoms. The number of hydrogen-bond acceptors (Lipinski definition) is 6. The van der Waals surface area contributed by atoms with E-state index in [-0.39, 0.29) is 34.7 Å². The number of nitrogens with zero attached hydrogens (tertiary/aromatic N) is 2. The van der Waals surface area contributed by atoms with E-state index in [0.29, 0.717) is 0 Å². The zero-order chi connectivity index (χ0) is 20.3. The molecule has 2 aromatic rings. The molecule has 2 atom stereocenters. The van der Waals surface area contributed by atoms with E-state index in [1.54, 1.807) is 0 Å². The zero-order valence-electron chi connectivity index (χ0n) is 13.5. The van der Waals surface area contributed by atoms with Crippen LogP contribution in [0.1, 0.15) is 36.2 Å². The van der Waals surface area contributed by atoms with E-state index in [1.807, 2.05) is 0 Å². The van der Waals surface area contributed by atoms with Gasteiger partial charge in [0, 0.05) is 17.7 Å². The Morgan fingerprint density at radius 1 is 0.926 bits per heavy atom. The molecule has 0 aliphatic heterocycles. The Morgan fingerprint density at radius 2 is 1.48 bits per heavy atom. The third kappa shape index (κ3) is 4.89. The molecule has 11 heteroatoms. The second kappa shape index (κ2) is 8.57. The number of nitro benzene ring substituents is 2. The lowest BCUT2D eigenvalue weighted by Gasteiger charge is -2.16. The van der Waals surface area contributed by atoms with Crippen molar-refractivity contribution in [2.45, 2.75) is 25.0 Å². The van der Waals surface area contributed by atoms with E-state index in [9.17, 15) is 34.8 Å². The maximum atomic E-state index is 14.0. The summed E-state index contributed by atoms with van der Waals surface area (Å²) in [6, 6.07) is 5.32. The molecular weight excluding hydrogens is 406 g/mol. The van der Waals surface area contributed by atoms with E-state index >= 15 is 0 Å². The molecule has 0 aliphatic rings. The summed E-state index contributed by atoms with van der Waals surface area (Å²) in [5.41, 5.74) is -1.07. The van der Waals surface area contributed by atoms with Crippen LogP contribution >= 0.6 is 23.2 Å². The first-order valence-electron chi connectivity index (χ1n) is 7.55. The summed E-state index contributed by atoms with van der Waals surface area (Å²) in [6.07, 6.45) is -2.89. The third-order valence-electron chi connectivity index (χ3n) is 3.89. The van der Waals surface area contributed by atoms with Gasteiger partial charge in [0.2, 0.25) is 0 Å². The fourth-order valence-corrected chi connectivity index (χ4v) is 2.87. The lowest BCUT2D eigenvalue weighted by Crippen LogP contribution is -2.06. The molecule has 0 radical (unpaired) electrons. The molecule has 0 fully saturated rings.